The summed E-state index contributed by atoms with van der Waals surface area (Å²) in [6.45, 7) is 12.6. The summed E-state index contributed by atoms with van der Waals surface area (Å²) >= 11 is 0. The Morgan fingerprint density at radius 3 is 1.44 bits per heavy atom. The van der Waals surface area contributed by atoms with Gasteiger partial charge in [-0.25, -0.2) is 9.59 Å². The van der Waals surface area contributed by atoms with Crippen molar-refractivity contribution in [3.05, 3.63) is 84.0 Å². The van der Waals surface area contributed by atoms with Crippen LogP contribution in [0.15, 0.2) is 50.6 Å². The van der Waals surface area contributed by atoms with Crippen LogP contribution in [-0.2, 0) is 30.4 Å². The Labute approximate surface area is 188 Å². The molecule has 7 nitrogen and oxygen atoms in total. The Morgan fingerprint density at radius 1 is 0.719 bits per heavy atom. The molecule has 0 aromatic heterocycles. The van der Waals surface area contributed by atoms with Crippen LogP contribution < -0.4 is 0 Å². The molecule has 0 bridgehead atoms. The first-order valence-corrected chi connectivity index (χ1v) is 10.2. The second kappa shape index (κ2) is 12.8. The predicted octanol–water partition coefficient (Wildman–Crippen LogP) is 2.42. The van der Waals surface area contributed by atoms with E-state index in [1.165, 1.54) is 0 Å². The van der Waals surface area contributed by atoms with Gasteiger partial charge < -0.3 is 25.2 Å². The normalized spacial score (nSPS) is 11.0. The summed E-state index contributed by atoms with van der Waals surface area (Å²) in [5.74, 6) is -2.23. The number of carbonyl (C=O) groups is 2. The van der Waals surface area contributed by atoms with Crippen LogP contribution in [-0.4, -0.2) is 58.8 Å². The molecule has 0 fully saturated rings. The van der Waals surface area contributed by atoms with Gasteiger partial charge in [-0.1, -0.05) is 24.3 Å². The Bertz CT molecular complexity index is 871. The largest absolute Gasteiger partial charge is 0.478 e. The second-order valence-corrected chi connectivity index (χ2v) is 7.49. The van der Waals surface area contributed by atoms with E-state index in [0.29, 0.717) is 24.0 Å². The zero-order valence-corrected chi connectivity index (χ0v) is 18.3. The monoisotopic (exact) mass is 444 g/mol. The van der Waals surface area contributed by atoms with Gasteiger partial charge in [0.05, 0.1) is 36.4 Å². The molecule has 0 spiro atoms. The maximum absolute atomic E-state index is 13.2. The number of carboxylic acid groups (broad SMARTS) is 1. The Morgan fingerprint density at radius 2 is 1.09 bits per heavy atom. The first-order chi connectivity index (χ1) is 15.3. The van der Waals surface area contributed by atoms with Crippen molar-refractivity contribution in [2.75, 3.05) is 26.4 Å². The summed E-state index contributed by atoms with van der Waals surface area (Å²) in [6.07, 6.45) is 7.62. The number of rotatable bonds is 15. The third-order valence-electron chi connectivity index (χ3n) is 5.27. The summed E-state index contributed by atoms with van der Waals surface area (Å²) in [7, 11) is 0. The molecular formula is C25H32O7. The fourth-order valence-corrected chi connectivity index (χ4v) is 3.53. The highest BCUT2D eigenvalue weighted by molar-refractivity contribution is 6.05. The number of allylic oxidation sites excluding steroid dienone is 4. The standard InChI is InChI=1S/C25H32O7/c1-5-9-17-18(10-6-2)20(12-8-4)22(21(23(29)30)19(17)11-7-3)24(31)32-16-25(13-26,14-27)15-28/h5-8,26-28H,1-4,9-16H2,(H,29,30). The number of hydrogen-bond acceptors (Lipinski definition) is 6. The molecule has 1 aromatic carbocycles. The number of carbonyl (C=O) groups excluding carboxylic acids is 1. The summed E-state index contributed by atoms with van der Waals surface area (Å²) in [4.78, 5) is 25.5. The highest BCUT2D eigenvalue weighted by Gasteiger charge is 2.34. The summed E-state index contributed by atoms with van der Waals surface area (Å²) in [6, 6.07) is 0. The van der Waals surface area contributed by atoms with Crippen LogP contribution in [0.2, 0.25) is 0 Å². The Kier molecular flexibility index (Phi) is 10.8. The van der Waals surface area contributed by atoms with Gasteiger partial charge in [0.15, 0.2) is 0 Å². The van der Waals surface area contributed by atoms with Gasteiger partial charge in [0.2, 0.25) is 0 Å². The summed E-state index contributed by atoms with van der Waals surface area (Å²) in [5, 5.41) is 38.6. The van der Waals surface area contributed by atoms with E-state index in [-0.39, 0.29) is 24.0 Å². The molecule has 0 heterocycles. The minimum absolute atomic E-state index is 0.123. The fourth-order valence-electron chi connectivity index (χ4n) is 3.53. The highest BCUT2D eigenvalue weighted by atomic mass is 16.5. The van der Waals surface area contributed by atoms with Crippen molar-refractivity contribution in [3.8, 4) is 0 Å². The van der Waals surface area contributed by atoms with Crippen LogP contribution in [0.3, 0.4) is 0 Å². The van der Waals surface area contributed by atoms with Crippen molar-refractivity contribution in [1.82, 2.24) is 0 Å². The lowest BCUT2D eigenvalue weighted by Gasteiger charge is -2.28. The van der Waals surface area contributed by atoms with Crippen LogP contribution in [0.25, 0.3) is 0 Å². The highest BCUT2D eigenvalue weighted by Crippen LogP contribution is 2.33. The number of aliphatic hydroxyl groups is 3. The van der Waals surface area contributed by atoms with E-state index in [4.69, 9.17) is 4.74 Å². The average molecular weight is 445 g/mol. The lowest BCUT2D eigenvalue weighted by molar-refractivity contribution is -0.0442. The van der Waals surface area contributed by atoms with Gasteiger partial charge in [0.1, 0.15) is 6.61 Å². The summed E-state index contributed by atoms with van der Waals surface area (Å²) < 4.78 is 5.32. The van der Waals surface area contributed by atoms with Gasteiger partial charge in [-0.15, -0.1) is 26.3 Å². The minimum atomic E-state index is -1.45. The average Bonchev–Trinajstić information content (AvgIpc) is 2.78. The predicted molar refractivity (Wildman–Crippen MR) is 123 cm³/mol. The number of hydrogen-bond donors (Lipinski definition) is 4. The quantitative estimate of drug-likeness (QED) is 0.242. The molecular weight excluding hydrogens is 412 g/mol. The lowest BCUT2D eigenvalue weighted by Crippen LogP contribution is -2.39. The zero-order valence-electron chi connectivity index (χ0n) is 18.3. The first-order valence-electron chi connectivity index (χ1n) is 10.2. The van der Waals surface area contributed by atoms with Gasteiger partial charge in [0, 0.05) is 0 Å². The molecule has 0 amide bonds. The first kappa shape index (κ1) is 27.0. The molecule has 0 radical (unpaired) electrons. The van der Waals surface area contributed by atoms with E-state index < -0.39 is 43.8 Å². The molecule has 0 saturated carbocycles. The number of ether oxygens (including phenoxy) is 1. The van der Waals surface area contributed by atoms with E-state index in [1.807, 2.05) is 0 Å². The molecule has 0 aliphatic rings. The second-order valence-electron chi connectivity index (χ2n) is 7.49. The minimum Gasteiger partial charge on any atom is -0.478 e. The third kappa shape index (κ3) is 5.82. The molecule has 0 saturated heterocycles. The molecule has 4 N–H and O–H groups in total. The van der Waals surface area contributed by atoms with Crippen molar-refractivity contribution in [2.24, 2.45) is 5.41 Å². The molecule has 0 aliphatic heterocycles. The number of benzene rings is 1. The molecule has 32 heavy (non-hydrogen) atoms. The van der Waals surface area contributed by atoms with Crippen LogP contribution in [0.1, 0.15) is 43.0 Å². The van der Waals surface area contributed by atoms with Crippen molar-refractivity contribution in [1.29, 1.82) is 0 Å². The van der Waals surface area contributed by atoms with Gasteiger partial charge in [-0.05, 0) is 47.9 Å². The molecule has 7 heteroatoms. The van der Waals surface area contributed by atoms with E-state index in [1.54, 1.807) is 24.3 Å². The fraction of sp³-hybridized carbons (Fsp3) is 0.360. The number of esters is 1. The van der Waals surface area contributed by atoms with E-state index in [0.717, 1.165) is 11.1 Å². The molecule has 1 aromatic rings. The smallest absolute Gasteiger partial charge is 0.339 e. The molecule has 174 valence electrons. The molecule has 0 atom stereocenters. The Hall–Kier alpha value is -3.00. The Balaban J connectivity index is 3.90. The molecule has 1 rings (SSSR count). The van der Waals surface area contributed by atoms with Crippen LogP contribution in [0.5, 0.6) is 0 Å². The van der Waals surface area contributed by atoms with E-state index >= 15 is 0 Å². The van der Waals surface area contributed by atoms with Crippen molar-refractivity contribution in [2.45, 2.75) is 25.7 Å². The van der Waals surface area contributed by atoms with E-state index in [9.17, 15) is 30.0 Å². The summed E-state index contributed by atoms with van der Waals surface area (Å²) in [5.41, 5.74) is 0.596. The topological polar surface area (TPSA) is 124 Å². The zero-order chi connectivity index (χ0) is 24.3. The van der Waals surface area contributed by atoms with Gasteiger partial charge in [-0.3, -0.25) is 0 Å². The van der Waals surface area contributed by atoms with Crippen molar-refractivity contribution < 1.29 is 34.8 Å². The number of carboxylic acids is 1. The molecule has 0 unspecified atom stereocenters. The number of aromatic carboxylic acids is 1. The maximum Gasteiger partial charge on any atom is 0.339 e. The van der Waals surface area contributed by atoms with Gasteiger partial charge in [-0.2, -0.15) is 0 Å². The number of aliphatic hydroxyl groups excluding tert-OH is 3. The van der Waals surface area contributed by atoms with Gasteiger partial charge in [0.25, 0.3) is 0 Å². The van der Waals surface area contributed by atoms with Crippen LogP contribution in [0, 0.1) is 5.41 Å². The van der Waals surface area contributed by atoms with Crippen molar-refractivity contribution >= 4 is 11.9 Å². The van der Waals surface area contributed by atoms with Crippen LogP contribution >= 0.6 is 0 Å². The molecule has 0 aliphatic carbocycles. The van der Waals surface area contributed by atoms with E-state index in [2.05, 4.69) is 26.3 Å². The third-order valence-corrected chi connectivity index (χ3v) is 5.27. The van der Waals surface area contributed by atoms with Gasteiger partial charge >= 0.3 is 11.9 Å². The lowest BCUT2D eigenvalue weighted by atomic mass is 9.81. The van der Waals surface area contributed by atoms with Crippen LogP contribution in [0.4, 0.5) is 0 Å². The maximum atomic E-state index is 13.2. The SMILES string of the molecule is C=CCc1c(CC=C)c(CC=C)c(C(=O)OCC(CO)(CO)CO)c(C(=O)O)c1CC=C. The van der Waals surface area contributed by atoms with Crippen molar-refractivity contribution in [3.63, 3.8) is 0 Å².